The zero-order chi connectivity index (χ0) is 20.5. The van der Waals surface area contributed by atoms with Crippen molar-refractivity contribution in [3.8, 4) is 5.88 Å². The summed E-state index contributed by atoms with van der Waals surface area (Å²) < 4.78 is 38.7. The normalized spacial score (nSPS) is 24.3. The predicted octanol–water partition coefficient (Wildman–Crippen LogP) is 1.28. The molecule has 1 fully saturated rings. The van der Waals surface area contributed by atoms with E-state index in [0.29, 0.717) is 5.88 Å². The smallest absolute Gasteiger partial charge is 0.245 e. The van der Waals surface area contributed by atoms with Crippen molar-refractivity contribution in [2.75, 3.05) is 13.2 Å². The minimum Gasteiger partial charge on any atom is -0.477 e. The first kappa shape index (κ1) is 23.6. The van der Waals surface area contributed by atoms with Gasteiger partial charge in [0.25, 0.3) is 0 Å². The Morgan fingerprint density at radius 3 is 2.45 bits per heavy atom. The van der Waals surface area contributed by atoms with E-state index in [4.69, 9.17) is 9.26 Å². The maximum absolute atomic E-state index is 12.7. The second kappa shape index (κ2) is 8.97. The Morgan fingerprint density at radius 2 is 1.90 bits per heavy atom. The van der Waals surface area contributed by atoms with Crippen LogP contribution in [0.3, 0.4) is 0 Å². The average Bonchev–Trinajstić information content (AvgIpc) is 3.11. The highest BCUT2D eigenvalue weighted by molar-refractivity contribution is 7.89. The van der Waals surface area contributed by atoms with E-state index in [-0.39, 0.29) is 54.7 Å². The summed E-state index contributed by atoms with van der Waals surface area (Å²) in [6, 6.07) is 5.35. The van der Waals surface area contributed by atoms with Crippen molar-refractivity contribution < 1.29 is 27.9 Å². The molecule has 0 radical (unpaired) electrons. The zero-order valence-electron chi connectivity index (χ0n) is 16.5. The van der Waals surface area contributed by atoms with Crippen LogP contribution in [0, 0.1) is 26.2 Å². The molecule has 1 aliphatic carbocycles. The monoisotopic (exact) mass is 447 g/mol. The molecule has 29 heavy (non-hydrogen) atoms. The number of aryl methyl sites for hydroxylation is 3. The van der Waals surface area contributed by atoms with Gasteiger partial charge in [-0.2, -0.15) is 0 Å². The van der Waals surface area contributed by atoms with E-state index in [1.165, 1.54) is 6.92 Å². The topological polar surface area (TPSA) is 135 Å². The molecule has 2 aromatic heterocycles. The summed E-state index contributed by atoms with van der Waals surface area (Å²) in [5, 5.41) is 23.8. The number of hydrogen-bond acceptors (Lipinski definition) is 8. The largest absolute Gasteiger partial charge is 0.477 e. The third-order valence-electron chi connectivity index (χ3n) is 4.99. The second-order valence-electron chi connectivity index (χ2n) is 7.43. The third-order valence-corrected chi connectivity index (χ3v) is 6.64. The number of hydrogen-bond donors (Lipinski definition) is 3. The first-order valence-electron chi connectivity index (χ1n) is 8.97. The Bertz CT molecular complexity index is 919. The van der Waals surface area contributed by atoms with Crippen LogP contribution in [-0.4, -0.2) is 54.1 Å². The molecule has 0 aliphatic heterocycles. The predicted molar refractivity (Wildman–Crippen MR) is 107 cm³/mol. The van der Waals surface area contributed by atoms with Gasteiger partial charge in [-0.05, 0) is 39.7 Å². The lowest BCUT2D eigenvalue weighted by Gasteiger charge is -2.29. The molecule has 11 heteroatoms. The van der Waals surface area contributed by atoms with E-state index in [0.717, 1.165) is 5.69 Å². The second-order valence-corrected chi connectivity index (χ2v) is 9.13. The van der Waals surface area contributed by atoms with Gasteiger partial charge in [-0.15, -0.1) is 12.4 Å². The van der Waals surface area contributed by atoms with Crippen molar-refractivity contribution in [2.45, 2.75) is 50.7 Å². The molecule has 0 bridgehead atoms. The summed E-state index contributed by atoms with van der Waals surface area (Å²) in [6.45, 7) is 5.00. The zero-order valence-corrected chi connectivity index (χ0v) is 18.1. The molecule has 162 valence electrons. The van der Waals surface area contributed by atoms with E-state index < -0.39 is 27.6 Å². The minimum absolute atomic E-state index is 0. The number of pyridine rings is 1. The van der Waals surface area contributed by atoms with Crippen LogP contribution in [0.15, 0.2) is 27.6 Å². The summed E-state index contributed by atoms with van der Waals surface area (Å²) in [5.41, 5.74) is 0.277. The number of halogens is 1. The molecule has 0 spiro atoms. The molecule has 3 N–H and O–H groups in total. The van der Waals surface area contributed by atoms with E-state index in [1.807, 2.05) is 19.1 Å². The molecule has 2 heterocycles. The Balaban J connectivity index is 0.00000300. The highest BCUT2D eigenvalue weighted by Gasteiger charge is 2.45. The molecule has 1 saturated carbocycles. The Hall–Kier alpha value is -1.72. The van der Waals surface area contributed by atoms with Gasteiger partial charge < -0.3 is 19.5 Å². The van der Waals surface area contributed by atoms with Gasteiger partial charge in [0.1, 0.15) is 10.6 Å². The van der Waals surface area contributed by atoms with Crippen molar-refractivity contribution >= 4 is 22.4 Å². The highest BCUT2D eigenvalue weighted by atomic mass is 35.5. The number of nitrogens with one attached hydrogen (secondary N) is 1. The number of aliphatic hydroxyl groups is 2. The van der Waals surface area contributed by atoms with Gasteiger partial charge in [-0.3, -0.25) is 0 Å². The van der Waals surface area contributed by atoms with Crippen LogP contribution >= 0.6 is 12.4 Å². The molecule has 2 aromatic rings. The van der Waals surface area contributed by atoms with Crippen molar-refractivity contribution in [2.24, 2.45) is 5.41 Å². The van der Waals surface area contributed by atoms with Crippen LogP contribution in [0.5, 0.6) is 5.88 Å². The summed E-state index contributed by atoms with van der Waals surface area (Å²) in [6.07, 6.45) is -1.50. The Labute approximate surface area is 175 Å². The molecule has 3 atom stereocenters. The highest BCUT2D eigenvalue weighted by Crippen LogP contribution is 2.39. The van der Waals surface area contributed by atoms with Crippen molar-refractivity contribution in [1.29, 1.82) is 0 Å². The first-order chi connectivity index (χ1) is 13.1. The Kier molecular flexibility index (Phi) is 7.28. The number of nitrogens with zero attached hydrogens (tertiary/aromatic N) is 2. The third kappa shape index (κ3) is 5.26. The molecule has 1 aliphatic rings. The van der Waals surface area contributed by atoms with Crippen molar-refractivity contribution in [3.05, 3.63) is 35.3 Å². The maximum Gasteiger partial charge on any atom is 0.245 e. The van der Waals surface area contributed by atoms with Crippen LogP contribution in [-0.2, 0) is 10.0 Å². The summed E-state index contributed by atoms with van der Waals surface area (Å²) >= 11 is 0. The summed E-state index contributed by atoms with van der Waals surface area (Å²) in [5.74, 6) is 0.606. The van der Waals surface area contributed by atoms with Gasteiger partial charge in [-0.1, -0.05) is 11.2 Å². The maximum atomic E-state index is 12.7. The molecular formula is C18H26ClN3O6S. The lowest BCUT2D eigenvalue weighted by atomic mass is 9.87. The fraction of sp³-hybridized carbons (Fsp3) is 0.556. The number of aromatic nitrogens is 2. The van der Waals surface area contributed by atoms with E-state index in [2.05, 4.69) is 14.9 Å². The molecule has 0 amide bonds. The molecule has 3 rings (SSSR count). The quantitative estimate of drug-likeness (QED) is 0.577. The van der Waals surface area contributed by atoms with Gasteiger partial charge >= 0.3 is 0 Å². The lowest BCUT2D eigenvalue weighted by Crippen LogP contribution is -2.40. The molecule has 0 aromatic carbocycles. The van der Waals surface area contributed by atoms with Gasteiger partial charge in [-0.25, -0.2) is 18.1 Å². The van der Waals surface area contributed by atoms with Gasteiger partial charge in [0, 0.05) is 23.7 Å². The number of sulfonamides is 1. The molecule has 9 nitrogen and oxygen atoms in total. The average molecular weight is 448 g/mol. The van der Waals surface area contributed by atoms with Crippen LogP contribution < -0.4 is 9.46 Å². The molecule has 0 saturated heterocycles. The number of aliphatic hydroxyl groups excluding tert-OH is 2. The van der Waals surface area contributed by atoms with Crippen LogP contribution in [0.1, 0.15) is 30.0 Å². The van der Waals surface area contributed by atoms with Crippen molar-refractivity contribution in [3.63, 3.8) is 0 Å². The fourth-order valence-electron chi connectivity index (χ4n) is 3.56. The van der Waals surface area contributed by atoms with E-state index in [9.17, 15) is 18.6 Å². The summed E-state index contributed by atoms with van der Waals surface area (Å²) in [4.78, 5) is 4.27. The number of rotatable bonds is 7. The van der Waals surface area contributed by atoms with Gasteiger partial charge in [0.2, 0.25) is 15.9 Å². The lowest BCUT2D eigenvalue weighted by molar-refractivity contribution is 0.0438. The van der Waals surface area contributed by atoms with Crippen LogP contribution in [0.4, 0.5) is 0 Å². The van der Waals surface area contributed by atoms with Crippen LogP contribution in [0.2, 0.25) is 0 Å². The molecular weight excluding hydrogens is 422 g/mol. The van der Waals surface area contributed by atoms with Gasteiger partial charge in [0.15, 0.2) is 5.76 Å². The summed E-state index contributed by atoms with van der Waals surface area (Å²) in [7, 11) is -3.87. The standard InChI is InChI=1S/C18H25N3O6S.ClH/c1-11-5-4-6-16(20-11)26-10-18(7-14(22)15(23)8-18)9-19-28(24,25)17-12(2)21-27-13(17)3;/h4-6,14-15,19,22-23H,7-10H2,1-3H3;1H/t14-,15+,18?;. The fourth-order valence-corrected chi connectivity index (χ4v) is 5.04. The SMILES string of the molecule is Cc1cccc(OCC2(CNS(=O)(=O)c3c(C)noc3C)C[C@@H](O)[C@@H](O)C2)n1.Cl. The minimum atomic E-state index is -3.87. The van der Waals surface area contributed by atoms with Crippen LogP contribution in [0.25, 0.3) is 0 Å². The van der Waals surface area contributed by atoms with Crippen molar-refractivity contribution in [1.82, 2.24) is 14.9 Å². The molecule has 1 unspecified atom stereocenters. The van der Waals surface area contributed by atoms with Gasteiger partial charge in [0.05, 0.1) is 18.8 Å². The Morgan fingerprint density at radius 1 is 1.24 bits per heavy atom. The van der Waals surface area contributed by atoms with E-state index >= 15 is 0 Å². The number of ether oxygens (including phenoxy) is 1. The first-order valence-corrected chi connectivity index (χ1v) is 10.5. The van der Waals surface area contributed by atoms with E-state index in [1.54, 1.807) is 13.0 Å².